The van der Waals surface area contributed by atoms with E-state index in [9.17, 15) is 4.79 Å². The quantitative estimate of drug-likeness (QED) is 0.899. The van der Waals surface area contributed by atoms with E-state index >= 15 is 0 Å². The van der Waals surface area contributed by atoms with E-state index < -0.39 is 0 Å². The largest absolute Gasteiger partial charge is 0.367 e. The number of nitrogens with zero attached hydrogens (tertiary/aromatic N) is 2. The van der Waals surface area contributed by atoms with Crippen LogP contribution in [0.2, 0.25) is 0 Å². The van der Waals surface area contributed by atoms with E-state index in [-0.39, 0.29) is 24.0 Å². The molecule has 2 N–H and O–H groups in total. The average Bonchev–Trinajstić information content (AvgIpc) is 3.01. The lowest BCUT2D eigenvalue weighted by molar-refractivity contribution is -0.144. The first-order chi connectivity index (χ1) is 9.74. The maximum atomic E-state index is 12.6. The van der Waals surface area contributed by atoms with Crippen LogP contribution >= 0.6 is 11.3 Å². The maximum Gasteiger partial charge on any atom is 0.225 e. The van der Waals surface area contributed by atoms with Crippen molar-refractivity contribution < 1.29 is 9.53 Å². The van der Waals surface area contributed by atoms with Gasteiger partial charge in [-0.1, -0.05) is 6.42 Å². The van der Waals surface area contributed by atoms with Crippen molar-refractivity contribution in [2.24, 2.45) is 11.7 Å². The van der Waals surface area contributed by atoms with Crippen molar-refractivity contribution in [2.75, 3.05) is 19.7 Å². The number of carbonyl (C=O) groups is 1. The molecule has 2 heterocycles. The van der Waals surface area contributed by atoms with Gasteiger partial charge in [0.2, 0.25) is 5.91 Å². The summed E-state index contributed by atoms with van der Waals surface area (Å²) in [7, 11) is 0. The third kappa shape index (κ3) is 3.02. The van der Waals surface area contributed by atoms with Crippen molar-refractivity contribution in [1.29, 1.82) is 0 Å². The number of hydrogen-bond donors (Lipinski definition) is 1. The number of carbonyl (C=O) groups excluding carboxylic acids is 1. The van der Waals surface area contributed by atoms with Crippen LogP contribution in [-0.4, -0.2) is 41.5 Å². The molecule has 0 radical (unpaired) electrons. The summed E-state index contributed by atoms with van der Waals surface area (Å²) < 4.78 is 5.74. The number of rotatable bonds is 2. The van der Waals surface area contributed by atoms with Crippen molar-refractivity contribution in [1.82, 2.24) is 9.88 Å². The zero-order valence-electron chi connectivity index (χ0n) is 11.5. The summed E-state index contributed by atoms with van der Waals surface area (Å²) >= 11 is 1.59. The Kier molecular flexibility index (Phi) is 4.33. The van der Waals surface area contributed by atoms with Crippen LogP contribution in [0.4, 0.5) is 0 Å². The Hall–Kier alpha value is -0.980. The van der Waals surface area contributed by atoms with E-state index in [4.69, 9.17) is 10.5 Å². The molecule has 5 nitrogen and oxygen atoms in total. The van der Waals surface area contributed by atoms with Gasteiger partial charge >= 0.3 is 0 Å². The zero-order valence-corrected chi connectivity index (χ0v) is 12.3. The lowest BCUT2D eigenvalue weighted by Crippen LogP contribution is -2.46. The predicted molar refractivity (Wildman–Crippen MR) is 77.3 cm³/mol. The van der Waals surface area contributed by atoms with Gasteiger partial charge in [-0.05, 0) is 19.3 Å². The molecule has 20 heavy (non-hydrogen) atoms. The summed E-state index contributed by atoms with van der Waals surface area (Å²) in [5.74, 6) is 0.360. The normalized spacial score (nSPS) is 31.2. The average molecular weight is 295 g/mol. The Morgan fingerprint density at radius 1 is 1.50 bits per heavy atom. The van der Waals surface area contributed by atoms with E-state index in [0.29, 0.717) is 19.7 Å². The van der Waals surface area contributed by atoms with Gasteiger partial charge in [-0.2, -0.15) is 0 Å². The Balaban J connectivity index is 1.63. The minimum absolute atomic E-state index is 0.0648. The van der Waals surface area contributed by atoms with E-state index in [1.807, 2.05) is 10.3 Å². The number of morpholine rings is 1. The molecular weight excluding hydrogens is 274 g/mol. The molecule has 1 aromatic heterocycles. The summed E-state index contributed by atoms with van der Waals surface area (Å²) in [5.41, 5.74) is 5.99. The predicted octanol–water partition coefficient (Wildman–Crippen LogP) is 1.56. The molecule has 0 aromatic carbocycles. The van der Waals surface area contributed by atoms with Gasteiger partial charge in [0.15, 0.2) is 0 Å². The topological polar surface area (TPSA) is 68.5 Å². The SMILES string of the molecule is NC1CCCC(C(=O)N2CCOC(c3nccs3)C2)C1. The fourth-order valence-electron chi connectivity index (χ4n) is 3.10. The molecule has 3 atom stereocenters. The van der Waals surface area contributed by atoms with Crippen LogP contribution in [0.25, 0.3) is 0 Å². The third-order valence-corrected chi connectivity index (χ3v) is 5.04. The smallest absolute Gasteiger partial charge is 0.225 e. The highest BCUT2D eigenvalue weighted by atomic mass is 32.1. The Morgan fingerprint density at radius 2 is 2.40 bits per heavy atom. The molecule has 6 heteroatoms. The minimum Gasteiger partial charge on any atom is -0.367 e. The molecule has 0 spiro atoms. The van der Waals surface area contributed by atoms with E-state index in [0.717, 1.165) is 30.7 Å². The van der Waals surface area contributed by atoms with Gasteiger partial charge in [-0.25, -0.2) is 4.98 Å². The van der Waals surface area contributed by atoms with Crippen molar-refractivity contribution >= 4 is 17.2 Å². The lowest BCUT2D eigenvalue weighted by Gasteiger charge is -2.36. The maximum absolute atomic E-state index is 12.6. The summed E-state index contributed by atoms with van der Waals surface area (Å²) in [6.45, 7) is 1.90. The molecule has 3 unspecified atom stereocenters. The van der Waals surface area contributed by atoms with Gasteiger partial charge in [-0.3, -0.25) is 4.79 Å². The summed E-state index contributed by atoms with van der Waals surface area (Å²) in [6, 6.07) is 0.188. The van der Waals surface area contributed by atoms with Crippen molar-refractivity contribution in [3.05, 3.63) is 16.6 Å². The van der Waals surface area contributed by atoms with Gasteiger partial charge in [0.25, 0.3) is 0 Å². The number of amides is 1. The summed E-state index contributed by atoms with van der Waals surface area (Å²) in [5, 5.41) is 2.91. The molecule has 0 bridgehead atoms. The molecule has 1 aliphatic carbocycles. The highest BCUT2D eigenvalue weighted by Crippen LogP contribution is 2.28. The molecule has 3 rings (SSSR count). The van der Waals surface area contributed by atoms with Crippen LogP contribution in [0.1, 0.15) is 36.8 Å². The van der Waals surface area contributed by atoms with Crippen LogP contribution in [-0.2, 0) is 9.53 Å². The molecule has 1 saturated carbocycles. The molecule has 110 valence electrons. The number of nitrogens with two attached hydrogens (primary N) is 1. The lowest BCUT2D eigenvalue weighted by atomic mass is 9.85. The van der Waals surface area contributed by atoms with Crippen LogP contribution in [0, 0.1) is 5.92 Å². The monoisotopic (exact) mass is 295 g/mol. The second-order valence-corrected chi connectivity index (χ2v) is 6.56. The fourth-order valence-corrected chi connectivity index (χ4v) is 3.78. The number of thiazole rings is 1. The van der Waals surface area contributed by atoms with Gasteiger partial charge < -0.3 is 15.4 Å². The molecule has 1 saturated heterocycles. The Morgan fingerprint density at radius 3 is 3.15 bits per heavy atom. The van der Waals surface area contributed by atoms with Gasteiger partial charge in [0.1, 0.15) is 11.1 Å². The molecule has 1 aromatic rings. The highest BCUT2D eigenvalue weighted by molar-refractivity contribution is 7.09. The second kappa shape index (κ2) is 6.20. The summed E-state index contributed by atoms with van der Waals surface area (Å²) in [4.78, 5) is 18.8. The van der Waals surface area contributed by atoms with Crippen molar-refractivity contribution in [3.8, 4) is 0 Å². The first-order valence-electron chi connectivity index (χ1n) is 7.29. The van der Waals surface area contributed by atoms with Crippen LogP contribution in [0.5, 0.6) is 0 Å². The van der Waals surface area contributed by atoms with Gasteiger partial charge in [-0.15, -0.1) is 11.3 Å². The number of aromatic nitrogens is 1. The number of ether oxygens (including phenoxy) is 1. The molecule has 2 aliphatic rings. The summed E-state index contributed by atoms with van der Waals surface area (Å²) in [6.07, 6.45) is 5.64. The Bertz CT molecular complexity index is 451. The Labute approximate surface area is 123 Å². The van der Waals surface area contributed by atoms with Crippen LogP contribution < -0.4 is 5.73 Å². The van der Waals surface area contributed by atoms with Crippen LogP contribution in [0.15, 0.2) is 11.6 Å². The highest BCUT2D eigenvalue weighted by Gasteiger charge is 2.33. The molecule has 1 amide bonds. The molecule has 1 aliphatic heterocycles. The van der Waals surface area contributed by atoms with E-state index in [1.54, 1.807) is 17.5 Å². The van der Waals surface area contributed by atoms with Gasteiger partial charge in [0, 0.05) is 30.1 Å². The second-order valence-electron chi connectivity index (χ2n) is 5.64. The van der Waals surface area contributed by atoms with Crippen LogP contribution in [0.3, 0.4) is 0 Å². The molecular formula is C14H21N3O2S. The zero-order chi connectivity index (χ0) is 13.9. The molecule has 2 fully saturated rings. The van der Waals surface area contributed by atoms with E-state index in [1.165, 1.54) is 0 Å². The number of hydrogen-bond acceptors (Lipinski definition) is 5. The standard InChI is InChI=1S/C14H21N3O2S/c15-11-3-1-2-10(8-11)14(18)17-5-6-19-12(9-17)13-16-4-7-20-13/h4,7,10-12H,1-3,5-6,8-9,15H2. The van der Waals surface area contributed by atoms with Crippen molar-refractivity contribution in [2.45, 2.75) is 37.8 Å². The first kappa shape index (κ1) is 14.0. The van der Waals surface area contributed by atoms with E-state index in [2.05, 4.69) is 4.98 Å². The van der Waals surface area contributed by atoms with Crippen molar-refractivity contribution in [3.63, 3.8) is 0 Å². The minimum atomic E-state index is -0.0648. The fraction of sp³-hybridized carbons (Fsp3) is 0.714. The first-order valence-corrected chi connectivity index (χ1v) is 8.17. The van der Waals surface area contributed by atoms with Gasteiger partial charge in [0.05, 0.1) is 13.2 Å². The third-order valence-electron chi connectivity index (χ3n) is 4.17.